The van der Waals surface area contributed by atoms with Crippen molar-refractivity contribution >= 4 is 44.9 Å². The van der Waals surface area contributed by atoms with E-state index in [1.807, 2.05) is 0 Å². The minimum atomic E-state index is -0.0413. The molecular weight excluding hydrogens is 263 g/mol. The van der Waals surface area contributed by atoms with Crippen LogP contribution in [0.4, 0.5) is 0 Å². The number of rotatable bonds is 1. The van der Waals surface area contributed by atoms with Crippen molar-refractivity contribution in [2.24, 2.45) is 0 Å². The summed E-state index contributed by atoms with van der Waals surface area (Å²) in [4.78, 5) is 11.0. The Morgan fingerprint density at radius 2 is 1.83 bits per heavy atom. The Balaban J connectivity index is 3.33. The van der Waals surface area contributed by atoms with Crippen molar-refractivity contribution < 1.29 is 4.79 Å². The maximum absolute atomic E-state index is 11.0. The fourth-order valence-corrected chi connectivity index (χ4v) is 1.87. The second kappa shape index (κ2) is 3.77. The molecule has 0 fully saturated rings. The van der Waals surface area contributed by atoms with E-state index in [1.165, 1.54) is 6.92 Å². The van der Waals surface area contributed by atoms with Crippen molar-refractivity contribution in [3.8, 4) is 0 Å². The van der Waals surface area contributed by atoms with Gasteiger partial charge in [-0.3, -0.25) is 4.79 Å². The van der Waals surface area contributed by atoms with Gasteiger partial charge in [-0.25, -0.2) is 0 Å². The lowest BCUT2D eigenvalue weighted by atomic mass is 10.1. The second-order valence-corrected chi connectivity index (χ2v) is 3.97. The summed E-state index contributed by atoms with van der Waals surface area (Å²) < 4.78 is 0.671. The van der Waals surface area contributed by atoms with Gasteiger partial charge in [0.2, 0.25) is 0 Å². The van der Waals surface area contributed by atoms with Gasteiger partial charge in [-0.1, -0.05) is 23.2 Å². The lowest BCUT2D eigenvalue weighted by Gasteiger charge is -2.01. The number of halogens is 3. The summed E-state index contributed by atoms with van der Waals surface area (Å²) in [5.74, 6) is -0.0413. The molecule has 1 nitrogen and oxygen atoms in total. The van der Waals surface area contributed by atoms with Gasteiger partial charge < -0.3 is 0 Å². The molecule has 0 atom stereocenters. The highest BCUT2D eigenvalue weighted by molar-refractivity contribution is 9.10. The third-order valence-electron chi connectivity index (χ3n) is 1.39. The summed E-state index contributed by atoms with van der Waals surface area (Å²) >= 11 is 14.7. The van der Waals surface area contributed by atoms with Gasteiger partial charge in [-0.05, 0) is 35.0 Å². The van der Waals surface area contributed by atoms with Gasteiger partial charge >= 0.3 is 0 Å². The Bertz CT molecular complexity index is 336. The standard InChI is InChI=1S/C8H5BrCl2O/c1-4(12)5-2-7(10)8(11)3-6(5)9/h2-3H,1H3. The van der Waals surface area contributed by atoms with E-state index in [1.54, 1.807) is 12.1 Å². The van der Waals surface area contributed by atoms with E-state index in [0.717, 1.165) is 0 Å². The van der Waals surface area contributed by atoms with Gasteiger partial charge in [0.05, 0.1) is 10.0 Å². The van der Waals surface area contributed by atoms with E-state index in [-0.39, 0.29) is 5.78 Å². The zero-order valence-electron chi connectivity index (χ0n) is 6.20. The fourth-order valence-electron chi connectivity index (χ4n) is 0.792. The monoisotopic (exact) mass is 266 g/mol. The molecule has 0 saturated carbocycles. The Labute approximate surface area is 88.8 Å². The summed E-state index contributed by atoms with van der Waals surface area (Å²) in [7, 11) is 0. The predicted molar refractivity (Wildman–Crippen MR) is 54.2 cm³/mol. The summed E-state index contributed by atoms with van der Waals surface area (Å²) in [6.45, 7) is 1.48. The Morgan fingerprint density at radius 3 is 2.33 bits per heavy atom. The first-order valence-corrected chi connectivity index (χ1v) is 4.72. The van der Waals surface area contributed by atoms with Gasteiger partial charge in [0, 0.05) is 10.0 Å². The molecule has 0 unspecified atom stereocenters. The van der Waals surface area contributed by atoms with E-state index >= 15 is 0 Å². The summed E-state index contributed by atoms with van der Waals surface area (Å²) in [5, 5.41) is 0.832. The predicted octanol–water partition coefficient (Wildman–Crippen LogP) is 3.96. The van der Waals surface area contributed by atoms with Crippen LogP contribution in [0.25, 0.3) is 0 Å². The largest absolute Gasteiger partial charge is 0.294 e. The topological polar surface area (TPSA) is 17.1 Å². The fraction of sp³-hybridized carbons (Fsp3) is 0.125. The molecule has 0 heterocycles. The highest BCUT2D eigenvalue weighted by Crippen LogP contribution is 2.29. The van der Waals surface area contributed by atoms with E-state index in [4.69, 9.17) is 23.2 Å². The van der Waals surface area contributed by atoms with E-state index in [2.05, 4.69) is 15.9 Å². The molecule has 0 N–H and O–H groups in total. The Hall–Kier alpha value is -0.0500. The molecule has 0 radical (unpaired) electrons. The van der Waals surface area contributed by atoms with Gasteiger partial charge in [-0.15, -0.1) is 0 Å². The van der Waals surface area contributed by atoms with Crippen molar-refractivity contribution in [1.29, 1.82) is 0 Å². The SMILES string of the molecule is CC(=O)c1cc(Cl)c(Cl)cc1Br. The number of hydrogen-bond acceptors (Lipinski definition) is 1. The highest BCUT2D eigenvalue weighted by Gasteiger charge is 2.08. The van der Waals surface area contributed by atoms with Crippen LogP contribution in [0.1, 0.15) is 17.3 Å². The van der Waals surface area contributed by atoms with Crippen molar-refractivity contribution in [3.63, 3.8) is 0 Å². The van der Waals surface area contributed by atoms with Crippen LogP contribution in [-0.4, -0.2) is 5.78 Å². The first-order valence-electron chi connectivity index (χ1n) is 3.18. The lowest BCUT2D eigenvalue weighted by Crippen LogP contribution is -1.93. The molecule has 0 aliphatic rings. The summed E-state index contributed by atoms with van der Waals surface area (Å²) in [5.41, 5.74) is 0.546. The summed E-state index contributed by atoms with van der Waals surface area (Å²) in [6, 6.07) is 3.16. The number of ketones is 1. The third kappa shape index (κ3) is 2.00. The molecule has 0 aliphatic heterocycles. The molecule has 12 heavy (non-hydrogen) atoms. The van der Waals surface area contributed by atoms with E-state index in [0.29, 0.717) is 20.1 Å². The molecule has 1 aromatic carbocycles. The Morgan fingerprint density at radius 1 is 1.33 bits per heavy atom. The average Bonchev–Trinajstić information content (AvgIpc) is 1.96. The molecule has 0 amide bonds. The van der Waals surface area contributed by atoms with Crippen molar-refractivity contribution in [2.45, 2.75) is 6.92 Å². The van der Waals surface area contributed by atoms with Crippen LogP contribution in [0.15, 0.2) is 16.6 Å². The lowest BCUT2D eigenvalue weighted by molar-refractivity contribution is 0.101. The number of carbonyl (C=O) groups excluding carboxylic acids is 1. The van der Waals surface area contributed by atoms with Gasteiger partial charge in [0.1, 0.15) is 0 Å². The molecule has 1 aromatic rings. The zero-order chi connectivity index (χ0) is 9.30. The van der Waals surface area contributed by atoms with E-state index in [9.17, 15) is 4.79 Å². The first-order chi connectivity index (χ1) is 5.52. The van der Waals surface area contributed by atoms with Crippen molar-refractivity contribution in [2.75, 3.05) is 0 Å². The minimum absolute atomic E-state index is 0.0413. The Kier molecular flexibility index (Phi) is 3.16. The molecule has 0 bridgehead atoms. The van der Waals surface area contributed by atoms with Crippen LogP contribution in [0.2, 0.25) is 10.0 Å². The normalized spacial score (nSPS) is 10.0. The van der Waals surface area contributed by atoms with Crippen LogP contribution < -0.4 is 0 Å². The number of carbonyl (C=O) groups is 1. The van der Waals surface area contributed by atoms with Crippen LogP contribution in [0.3, 0.4) is 0 Å². The number of benzene rings is 1. The molecule has 1 rings (SSSR count). The van der Waals surface area contributed by atoms with Crippen molar-refractivity contribution in [1.82, 2.24) is 0 Å². The third-order valence-corrected chi connectivity index (χ3v) is 2.77. The van der Waals surface area contributed by atoms with Crippen molar-refractivity contribution in [3.05, 3.63) is 32.2 Å². The molecule has 4 heteroatoms. The highest BCUT2D eigenvalue weighted by atomic mass is 79.9. The average molecular weight is 268 g/mol. The maximum atomic E-state index is 11.0. The van der Waals surface area contributed by atoms with Crippen LogP contribution >= 0.6 is 39.1 Å². The van der Waals surface area contributed by atoms with Gasteiger partial charge in [0.15, 0.2) is 5.78 Å². The molecule has 0 aromatic heterocycles. The first kappa shape index (κ1) is 10.0. The molecular formula is C8H5BrCl2O. The van der Waals surface area contributed by atoms with E-state index < -0.39 is 0 Å². The maximum Gasteiger partial charge on any atom is 0.160 e. The molecule has 0 saturated heterocycles. The number of hydrogen-bond donors (Lipinski definition) is 0. The quantitative estimate of drug-likeness (QED) is 0.556. The van der Waals surface area contributed by atoms with Crippen LogP contribution in [0.5, 0.6) is 0 Å². The smallest absolute Gasteiger partial charge is 0.160 e. The molecule has 64 valence electrons. The minimum Gasteiger partial charge on any atom is -0.294 e. The second-order valence-electron chi connectivity index (χ2n) is 2.30. The molecule has 0 spiro atoms. The van der Waals surface area contributed by atoms with Gasteiger partial charge in [-0.2, -0.15) is 0 Å². The zero-order valence-corrected chi connectivity index (χ0v) is 9.29. The molecule has 0 aliphatic carbocycles. The van der Waals surface area contributed by atoms with Crippen LogP contribution in [-0.2, 0) is 0 Å². The number of Topliss-reactive ketones (excluding diaryl/α,β-unsaturated/α-hetero) is 1. The van der Waals surface area contributed by atoms with Crippen LogP contribution in [0, 0.1) is 0 Å². The summed E-state index contributed by atoms with van der Waals surface area (Å²) in [6.07, 6.45) is 0. The van der Waals surface area contributed by atoms with Gasteiger partial charge in [0.25, 0.3) is 0 Å².